The van der Waals surface area contributed by atoms with E-state index in [0.717, 1.165) is 23.1 Å². The molecule has 0 aliphatic carbocycles. The van der Waals surface area contributed by atoms with Crippen LogP contribution in [0.3, 0.4) is 0 Å². The second-order valence-electron chi connectivity index (χ2n) is 8.31. The minimum Gasteiger partial charge on any atom is -0.466 e. The first-order valence-corrected chi connectivity index (χ1v) is 10.3. The van der Waals surface area contributed by atoms with Gasteiger partial charge in [-0.1, -0.05) is 6.92 Å². The van der Waals surface area contributed by atoms with E-state index in [1.54, 1.807) is 36.0 Å². The van der Waals surface area contributed by atoms with Gasteiger partial charge in [-0.05, 0) is 70.0 Å². The molecule has 2 heterocycles. The van der Waals surface area contributed by atoms with Gasteiger partial charge in [-0.15, -0.1) is 5.10 Å². The van der Waals surface area contributed by atoms with Crippen molar-refractivity contribution >= 4 is 28.5 Å². The second kappa shape index (κ2) is 8.75. The minimum absolute atomic E-state index is 0.144. The Labute approximate surface area is 182 Å². The smallest absolute Gasteiger partial charge is 0.262 e. The van der Waals surface area contributed by atoms with Crippen LogP contribution < -0.4 is 15.4 Å². The van der Waals surface area contributed by atoms with Crippen LogP contribution in [0.1, 0.15) is 48.8 Å². The average Bonchev–Trinajstić information content (AvgIpc) is 3.02. The number of amides is 2. The minimum atomic E-state index is -0.319. The van der Waals surface area contributed by atoms with Crippen LogP contribution in [0.2, 0.25) is 0 Å². The number of hydrogen-bond donors (Lipinski definition) is 2. The van der Waals surface area contributed by atoms with Gasteiger partial charge >= 0.3 is 0 Å². The summed E-state index contributed by atoms with van der Waals surface area (Å²) in [5, 5.41) is 10.9. The Hall–Kier alpha value is -3.42. The molecule has 0 atom stereocenters. The summed E-state index contributed by atoms with van der Waals surface area (Å²) in [5.41, 5.74) is 3.45. The molecule has 1 aromatic carbocycles. The largest absolute Gasteiger partial charge is 0.466 e. The first-order valence-electron chi connectivity index (χ1n) is 10.3. The molecule has 164 valence electrons. The van der Waals surface area contributed by atoms with Gasteiger partial charge in [-0.25, -0.2) is 9.67 Å². The summed E-state index contributed by atoms with van der Waals surface area (Å²) < 4.78 is 7.32. The van der Waals surface area contributed by atoms with E-state index >= 15 is 0 Å². The van der Waals surface area contributed by atoms with E-state index in [1.165, 1.54) is 0 Å². The number of hydrogen-bond acceptors (Lipinski definition) is 5. The molecule has 0 saturated heterocycles. The molecule has 0 radical (unpaired) electrons. The van der Waals surface area contributed by atoms with Crippen molar-refractivity contribution in [3.8, 4) is 5.88 Å². The topological polar surface area (TPSA) is 98.1 Å². The standard InChI is InChI=1S/C23H29N5O3/c1-7-23(4,5)26-21(30)16-8-10-17(11-9-16)25-18(29)13-31-22-19-14(2)12-15(3)24-20(19)28(6)27-22/h8-12H,7,13H2,1-6H3,(H,25,29)(H,26,30). The lowest BCUT2D eigenvalue weighted by Crippen LogP contribution is -2.42. The van der Waals surface area contributed by atoms with Gasteiger partial charge < -0.3 is 15.4 Å². The third-order valence-corrected chi connectivity index (χ3v) is 5.19. The van der Waals surface area contributed by atoms with Crippen molar-refractivity contribution in [3.63, 3.8) is 0 Å². The van der Waals surface area contributed by atoms with Crippen LogP contribution in [0.4, 0.5) is 5.69 Å². The number of nitrogens with zero attached hydrogens (tertiary/aromatic N) is 3. The SMILES string of the molecule is CCC(C)(C)NC(=O)c1ccc(NC(=O)COc2nn(C)c3nc(C)cc(C)c23)cc1. The first-order chi connectivity index (χ1) is 14.6. The van der Waals surface area contributed by atoms with Crippen LogP contribution >= 0.6 is 0 Å². The maximum atomic E-state index is 12.3. The first kappa shape index (κ1) is 22.3. The fourth-order valence-corrected chi connectivity index (χ4v) is 3.15. The number of aromatic nitrogens is 3. The van der Waals surface area contributed by atoms with Crippen molar-refractivity contribution in [1.29, 1.82) is 0 Å². The molecular formula is C23H29N5O3. The quantitative estimate of drug-likeness (QED) is 0.606. The van der Waals surface area contributed by atoms with E-state index in [1.807, 2.05) is 40.7 Å². The molecular weight excluding hydrogens is 394 g/mol. The molecule has 0 aliphatic heterocycles. The summed E-state index contributed by atoms with van der Waals surface area (Å²) in [4.78, 5) is 29.2. The highest BCUT2D eigenvalue weighted by Crippen LogP contribution is 2.27. The number of pyridine rings is 1. The Kier molecular flexibility index (Phi) is 6.29. The number of carbonyl (C=O) groups excluding carboxylic acids is 2. The molecule has 3 aromatic rings. The number of rotatable bonds is 7. The van der Waals surface area contributed by atoms with Crippen molar-refractivity contribution < 1.29 is 14.3 Å². The highest BCUT2D eigenvalue weighted by atomic mass is 16.5. The van der Waals surface area contributed by atoms with Crippen molar-refractivity contribution in [2.45, 2.75) is 46.6 Å². The molecule has 0 unspecified atom stereocenters. The van der Waals surface area contributed by atoms with Crippen LogP contribution in [-0.2, 0) is 11.8 Å². The molecule has 8 nitrogen and oxygen atoms in total. The van der Waals surface area contributed by atoms with Crippen LogP contribution in [0.5, 0.6) is 5.88 Å². The lowest BCUT2D eigenvalue weighted by atomic mass is 10.0. The molecule has 0 saturated carbocycles. The lowest BCUT2D eigenvalue weighted by Gasteiger charge is -2.24. The fourth-order valence-electron chi connectivity index (χ4n) is 3.15. The second-order valence-corrected chi connectivity index (χ2v) is 8.31. The van der Waals surface area contributed by atoms with E-state index in [9.17, 15) is 9.59 Å². The number of fused-ring (bicyclic) bond motifs is 1. The van der Waals surface area contributed by atoms with E-state index < -0.39 is 0 Å². The van der Waals surface area contributed by atoms with E-state index in [2.05, 4.69) is 20.7 Å². The van der Waals surface area contributed by atoms with Gasteiger partial charge in [0.05, 0.1) is 5.39 Å². The zero-order chi connectivity index (χ0) is 22.8. The summed E-state index contributed by atoms with van der Waals surface area (Å²) in [7, 11) is 1.79. The number of nitrogens with one attached hydrogen (secondary N) is 2. The molecule has 2 aromatic heterocycles. The number of ether oxygens (including phenoxy) is 1. The number of carbonyl (C=O) groups is 2. The Morgan fingerprint density at radius 3 is 2.48 bits per heavy atom. The summed E-state index contributed by atoms with van der Waals surface area (Å²) in [6, 6.07) is 8.70. The Balaban J connectivity index is 1.62. The molecule has 0 aliphatic rings. The molecule has 2 amide bonds. The molecule has 2 N–H and O–H groups in total. The Morgan fingerprint density at radius 1 is 1.16 bits per heavy atom. The van der Waals surface area contributed by atoms with Crippen LogP contribution in [0, 0.1) is 13.8 Å². The number of benzene rings is 1. The van der Waals surface area contributed by atoms with Crippen molar-refractivity contribution in [2.24, 2.45) is 7.05 Å². The third-order valence-electron chi connectivity index (χ3n) is 5.19. The maximum absolute atomic E-state index is 12.3. The number of aryl methyl sites for hydroxylation is 3. The Bertz CT molecular complexity index is 1120. The fraction of sp³-hybridized carbons (Fsp3) is 0.391. The van der Waals surface area contributed by atoms with Gasteiger partial charge in [0.25, 0.3) is 11.8 Å². The predicted molar refractivity (Wildman–Crippen MR) is 120 cm³/mol. The van der Waals surface area contributed by atoms with Gasteiger partial charge in [-0.2, -0.15) is 0 Å². The van der Waals surface area contributed by atoms with E-state index in [4.69, 9.17) is 4.74 Å². The van der Waals surface area contributed by atoms with Crippen molar-refractivity contribution in [1.82, 2.24) is 20.1 Å². The molecule has 0 bridgehead atoms. The lowest BCUT2D eigenvalue weighted by molar-refractivity contribution is -0.118. The normalized spacial score (nSPS) is 11.4. The molecule has 0 fully saturated rings. The van der Waals surface area contributed by atoms with Crippen LogP contribution in [0.15, 0.2) is 30.3 Å². The van der Waals surface area contributed by atoms with Crippen molar-refractivity contribution in [3.05, 3.63) is 47.2 Å². The third kappa shape index (κ3) is 5.20. The summed E-state index contributed by atoms with van der Waals surface area (Å²) >= 11 is 0. The molecule has 0 spiro atoms. The molecule has 31 heavy (non-hydrogen) atoms. The molecule has 3 rings (SSSR count). The van der Waals surface area contributed by atoms with Gasteiger partial charge in [0.2, 0.25) is 5.88 Å². The van der Waals surface area contributed by atoms with Gasteiger partial charge in [0, 0.05) is 29.5 Å². The highest BCUT2D eigenvalue weighted by Gasteiger charge is 2.19. The zero-order valence-corrected chi connectivity index (χ0v) is 18.9. The summed E-state index contributed by atoms with van der Waals surface area (Å²) in [6.07, 6.45) is 0.827. The van der Waals surface area contributed by atoms with Gasteiger partial charge in [0.15, 0.2) is 12.3 Å². The van der Waals surface area contributed by atoms with E-state index in [-0.39, 0.29) is 24.0 Å². The van der Waals surface area contributed by atoms with Crippen LogP contribution in [-0.4, -0.2) is 38.7 Å². The predicted octanol–water partition coefficient (Wildman–Crippen LogP) is 3.52. The Morgan fingerprint density at radius 2 is 1.84 bits per heavy atom. The molecule has 8 heteroatoms. The van der Waals surface area contributed by atoms with E-state index in [0.29, 0.717) is 22.8 Å². The summed E-state index contributed by atoms with van der Waals surface area (Å²) in [6.45, 7) is 9.67. The van der Waals surface area contributed by atoms with Crippen LogP contribution in [0.25, 0.3) is 11.0 Å². The zero-order valence-electron chi connectivity index (χ0n) is 18.9. The van der Waals surface area contributed by atoms with Crippen molar-refractivity contribution in [2.75, 3.05) is 11.9 Å². The maximum Gasteiger partial charge on any atom is 0.262 e. The average molecular weight is 424 g/mol. The summed E-state index contributed by atoms with van der Waals surface area (Å²) in [5.74, 6) is -0.0849. The number of anilines is 1. The van der Waals surface area contributed by atoms with Gasteiger partial charge in [-0.3, -0.25) is 9.59 Å². The highest BCUT2D eigenvalue weighted by molar-refractivity contribution is 5.96. The van der Waals surface area contributed by atoms with Gasteiger partial charge in [0.1, 0.15) is 0 Å². The monoisotopic (exact) mass is 423 g/mol.